The topological polar surface area (TPSA) is 150 Å². The first-order valence-corrected chi connectivity index (χ1v) is 11.0. The van der Waals surface area contributed by atoms with Gasteiger partial charge in [-0.3, -0.25) is 10.0 Å². The highest BCUT2D eigenvalue weighted by molar-refractivity contribution is 7.89. The van der Waals surface area contributed by atoms with Gasteiger partial charge in [-0.05, 0) is 41.5 Å². The fourth-order valence-electron chi connectivity index (χ4n) is 2.79. The van der Waals surface area contributed by atoms with Crippen LogP contribution in [-0.4, -0.2) is 57.6 Å². The molecule has 0 radical (unpaired) electrons. The van der Waals surface area contributed by atoms with Crippen LogP contribution >= 0.6 is 12.4 Å². The second-order valence-electron chi connectivity index (χ2n) is 6.64. The molecule has 0 bridgehead atoms. The quantitative estimate of drug-likeness (QED) is 0.158. The Bertz CT molecular complexity index is 1140. The van der Waals surface area contributed by atoms with Crippen LogP contribution in [0.2, 0.25) is 0 Å². The van der Waals surface area contributed by atoms with Crippen molar-refractivity contribution in [1.29, 1.82) is 0 Å². The standard InChI is InChI=1S/C20H22N6O5S.ClH/c1-2-3-12-31-17-8-10-18(11-9-17)32(29,30)26(14-19(27)23-28)13-15-4-6-16(7-5-15)20-21-24-25-22-20;/h2,4-11,28H,1,3,12-14H2,(H,23,27)(H,21,22,24,25);1H. The van der Waals surface area contributed by atoms with Crippen LogP contribution in [0.25, 0.3) is 11.4 Å². The molecule has 0 saturated heterocycles. The highest BCUT2D eigenvalue weighted by atomic mass is 35.5. The van der Waals surface area contributed by atoms with Crippen LogP contribution in [0.15, 0.2) is 66.1 Å². The van der Waals surface area contributed by atoms with E-state index < -0.39 is 22.5 Å². The third-order valence-corrected chi connectivity index (χ3v) is 6.22. The molecule has 1 aromatic heterocycles. The van der Waals surface area contributed by atoms with Gasteiger partial charge >= 0.3 is 0 Å². The Morgan fingerprint density at radius 1 is 1.18 bits per heavy atom. The van der Waals surface area contributed by atoms with E-state index in [1.54, 1.807) is 42.5 Å². The van der Waals surface area contributed by atoms with Gasteiger partial charge < -0.3 is 4.74 Å². The number of carbonyl (C=O) groups excluding carboxylic acids is 1. The van der Waals surface area contributed by atoms with Gasteiger partial charge in [-0.1, -0.05) is 30.3 Å². The van der Waals surface area contributed by atoms with Crippen LogP contribution in [0.1, 0.15) is 12.0 Å². The summed E-state index contributed by atoms with van der Waals surface area (Å²) in [4.78, 5) is 11.8. The summed E-state index contributed by atoms with van der Waals surface area (Å²) in [6.45, 7) is 3.38. The molecular weight excluding hydrogens is 472 g/mol. The lowest BCUT2D eigenvalue weighted by Gasteiger charge is -2.21. The molecule has 0 spiro atoms. The molecule has 0 unspecified atom stereocenters. The smallest absolute Gasteiger partial charge is 0.258 e. The summed E-state index contributed by atoms with van der Waals surface area (Å²) in [5.41, 5.74) is 2.78. The lowest BCUT2D eigenvalue weighted by molar-refractivity contribution is -0.129. The van der Waals surface area contributed by atoms with Crippen molar-refractivity contribution >= 4 is 28.3 Å². The number of hydrogen-bond acceptors (Lipinski definition) is 8. The summed E-state index contributed by atoms with van der Waals surface area (Å²) >= 11 is 0. The minimum absolute atomic E-state index is 0. The normalized spacial score (nSPS) is 11.0. The Labute approximate surface area is 196 Å². The Hall–Kier alpha value is -3.32. The summed E-state index contributed by atoms with van der Waals surface area (Å²) in [7, 11) is -4.05. The van der Waals surface area contributed by atoms with Crippen molar-refractivity contribution in [2.45, 2.75) is 17.9 Å². The van der Waals surface area contributed by atoms with E-state index in [9.17, 15) is 13.2 Å². The zero-order valence-electron chi connectivity index (χ0n) is 17.4. The van der Waals surface area contributed by atoms with Gasteiger partial charge in [0.2, 0.25) is 15.8 Å². The zero-order valence-corrected chi connectivity index (χ0v) is 19.1. The Morgan fingerprint density at radius 2 is 1.88 bits per heavy atom. The summed E-state index contributed by atoms with van der Waals surface area (Å²) in [6, 6.07) is 12.7. The van der Waals surface area contributed by atoms with Crippen molar-refractivity contribution in [3.8, 4) is 17.1 Å². The number of tetrazole rings is 1. The number of hydrogen-bond donors (Lipinski definition) is 3. The van der Waals surface area contributed by atoms with Gasteiger partial charge in [0.25, 0.3) is 5.91 Å². The van der Waals surface area contributed by atoms with Gasteiger partial charge in [0.15, 0.2) is 0 Å². The van der Waals surface area contributed by atoms with Crippen LogP contribution < -0.4 is 10.2 Å². The zero-order chi connectivity index (χ0) is 23.0. The van der Waals surface area contributed by atoms with E-state index in [-0.39, 0.29) is 23.8 Å². The monoisotopic (exact) mass is 494 g/mol. The molecule has 176 valence electrons. The number of ether oxygens (including phenoxy) is 1. The molecule has 3 rings (SSSR count). The fourth-order valence-corrected chi connectivity index (χ4v) is 4.17. The van der Waals surface area contributed by atoms with E-state index in [0.29, 0.717) is 35.7 Å². The van der Waals surface area contributed by atoms with E-state index in [2.05, 4.69) is 27.2 Å². The molecule has 0 saturated carbocycles. The summed E-state index contributed by atoms with van der Waals surface area (Å²) in [6.07, 6.45) is 2.38. The second-order valence-corrected chi connectivity index (χ2v) is 8.58. The number of nitrogens with zero attached hydrogens (tertiary/aromatic N) is 4. The van der Waals surface area contributed by atoms with Gasteiger partial charge in [-0.2, -0.15) is 9.52 Å². The maximum absolute atomic E-state index is 13.2. The Balaban J connectivity index is 0.00000385. The average Bonchev–Trinajstić information content (AvgIpc) is 3.34. The van der Waals surface area contributed by atoms with Crippen molar-refractivity contribution in [2.24, 2.45) is 0 Å². The van der Waals surface area contributed by atoms with Crippen LogP contribution in [-0.2, 0) is 21.4 Å². The summed E-state index contributed by atoms with van der Waals surface area (Å²) in [5, 5.41) is 22.5. The number of benzene rings is 2. The number of H-pyrrole nitrogens is 1. The first kappa shape index (κ1) is 25.9. The van der Waals surface area contributed by atoms with Crippen LogP contribution in [0, 0.1) is 0 Å². The number of aromatic nitrogens is 4. The number of aromatic amines is 1. The summed E-state index contributed by atoms with van der Waals surface area (Å²) < 4.78 is 32.9. The van der Waals surface area contributed by atoms with E-state index in [4.69, 9.17) is 9.94 Å². The van der Waals surface area contributed by atoms with Gasteiger partial charge in [0, 0.05) is 12.1 Å². The van der Waals surface area contributed by atoms with Crippen molar-refractivity contribution < 1.29 is 23.2 Å². The van der Waals surface area contributed by atoms with E-state index in [1.807, 2.05) is 0 Å². The number of hydroxylamine groups is 1. The molecule has 2 aromatic carbocycles. The average molecular weight is 495 g/mol. The molecule has 0 aliphatic heterocycles. The predicted octanol–water partition coefficient (Wildman–Crippen LogP) is 1.94. The SMILES string of the molecule is C=CCCOc1ccc(S(=O)(=O)N(CC(=O)NO)Cc2ccc(-c3nn[nH]n3)cc2)cc1.Cl. The molecule has 33 heavy (non-hydrogen) atoms. The minimum atomic E-state index is -4.05. The number of nitrogens with one attached hydrogen (secondary N) is 2. The van der Waals surface area contributed by atoms with Crippen molar-refractivity contribution in [3.63, 3.8) is 0 Å². The van der Waals surface area contributed by atoms with Crippen molar-refractivity contribution in [1.82, 2.24) is 30.4 Å². The van der Waals surface area contributed by atoms with Gasteiger partial charge in [-0.15, -0.1) is 29.2 Å². The van der Waals surface area contributed by atoms with Crippen LogP contribution in [0.3, 0.4) is 0 Å². The number of sulfonamides is 1. The van der Waals surface area contributed by atoms with Gasteiger partial charge in [-0.25, -0.2) is 13.9 Å². The predicted molar refractivity (Wildman–Crippen MR) is 121 cm³/mol. The molecule has 13 heteroatoms. The molecule has 0 atom stereocenters. The van der Waals surface area contributed by atoms with E-state index in [1.165, 1.54) is 17.6 Å². The Morgan fingerprint density at radius 3 is 2.45 bits per heavy atom. The maximum Gasteiger partial charge on any atom is 0.258 e. The van der Waals surface area contributed by atoms with E-state index >= 15 is 0 Å². The molecule has 1 heterocycles. The van der Waals surface area contributed by atoms with E-state index in [0.717, 1.165) is 4.31 Å². The molecule has 11 nitrogen and oxygen atoms in total. The Kier molecular flexibility index (Phi) is 9.48. The molecular formula is C20H23ClN6O5S. The number of carbonyl (C=O) groups is 1. The third kappa shape index (κ3) is 6.83. The number of amides is 1. The van der Waals surface area contributed by atoms with Crippen LogP contribution in [0.4, 0.5) is 0 Å². The van der Waals surface area contributed by atoms with Gasteiger partial charge in [0.05, 0.1) is 18.0 Å². The first-order valence-electron chi connectivity index (χ1n) is 9.53. The highest BCUT2D eigenvalue weighted by Crippen LogP contribution is 2.22. The molecule has 0 aliphatic rings. The second kappa shape index (κ2) is 12.1. The molecule has 3 aromatic rings. The van der Waals surface area contributed by atoms with Crippen LogP contribution in [0.5, 0.6) is 5.75 Å². The minimum Gasteiger partial charge on any atom is -0.493 e. The molecule has 3 N–H and O–H groups in total. The number of halogens is 1. The molecule has 0 aliphatic carbocycles. The molecule has 1 amide bonds. The van der Waals surface area contributed by atoms with Gasteiger partial charge in [0.1, 0.15) is 5.75 Å². The largest absolute Gasteiger partial charge is 0.493 e. The maximum atomic E-state index is 13.2. The lowest BCUT2D eigenvalue weighted by atomic mass is 10.1. The highest BCUT2D eigenvalue weighted by Gasteiger charge is 2.27. The van der Waals surface area contributed by atoms with Crippen molar-refractivity contribution in [2.75, 3.05) is 13.2 Å². The van der Waals surface area contributed by atoms with Crippen molar-refractivity contribution in [3.05, 3.63) is 66.7 Å². The first-order chi connectivity index (χ1) is 15.4. The fraction of sp³-hybridized carbons (Fsp3) is 0.200. The molecule has 0 fully saturated rings. The lowest BCUT2D eigenvalue weighted by Crippen LogP contribution is -2.39. The third-order valence-electron chi connectivity index (χ3n) is 4.41. The summed E-state index contributed by atoms with van der Waals surface area (Å²) in [5.74, 6) is 0.0555. The number of rotatable bonds is 11.